The van der Waals surface area contributed by atoms with Crippen molar-refractivity contribution in [1.82, 2.24) is 0 Å². The zero-order valence-electron chi connectivity index (χ0n) is 12.3. The molecule has 0 saturated carbocycles. The molecule has 0 unspecified atom stereocenters. The van der Waals surface area contributed by atoms with Crippen LogP contribution in [0.15, 0.2) is 45.9 Å². The number of aryl methyl sites for hydroxylation is 1. The van der Waals surface area contributed by atoms with Gasteiger partial charge in [-0.1, -0.05) is 12.1 Å². The summed E-state index contributed by atoms with van der Waals surface area (Å²) in [6, 6.07) is 9.17. The molecule has 1 aromatic heterocycles. The van der Waals surface area contributed by atoms with Crippen molar-refractivity contribution in [2.75, 3.05) is 16.8 Å². The van der Waals surface area contributed by atoms with E-state index in [2.05, 4.69) is 5.32 Å². The number of carbonyl (C=O) groups excluding carboxylic acids is 2. The number of nitrogens with zero attached hydrogens (tertiary/aromatic N) is 1. The van der Waals surface area contributed by atoms with Gasteiger partial charge in [-0.15, -0.1) is 11.8 Å². The molecule has 3 rings (SSSR count). The molecule has 0 radical (unpaired) electrons. The summed E-state index contributed by atoms with van der Waals surface area (Å²) in [6.07, 6.45) is 1.61. The summed E-state index contributed by atoms with van der Waals surface area (Å²) in [5.74, 6) is 0.526. The van der Waals surface area contributed by atoms with Crippen LogP contribution in [0.3, 0.4) is 0 Å². The maximum atomic E-state index is 12.7. The summed E-state index contributed by atoms with van der Waals surface area (Å²) < 4.78 is 5.25. The van der Waals surface area contributed by atoms with Crippen molar-refractivity contribution >= 4 is 35.0 Å². The minimum Gasteiger partial charge on any atom is -0.468 e. The molecule has 22 heavy (non-hydrogen) atoms. The molecule has 0 saturated heterocycles. The highest BCUT2D eigenvalue weighted by atomic mass is 32.2. The van der Waals surface area contributed by atoms with Crippen LogP contribution in [0.4, 0.5) is 11.4 Å². The van der Waals surface area contributed by atoms with Gasteiger partial charge >= 0.3 is 0 Å². The first-order chi connectivity index (χ1) is 10.6. The van der Waals surface area contributed by atoms with Crippen molar-refractivity contribution in [3.05, 3.63) is 42.4 Å². The Morgan fingerprint density at radius 1 is 1.36 bits per heavy atom. The van der Waals surface area contributed by atoms with Gasteiger partial charge in [0.05, 0.1) is 22.9 Å². The quantitative estimate of drug-likeness (QED) is 0.884. The predicted octanol–water partition coefficient (Wildman–Crippen LogP) is 3.05. The highest BCUT2D eigenvalue weighted by Gasteiger charge is 2.30. The molecular weight excluding hydrogens is 300 g/mol. The molecule has 1 N–H and O–H groups in total. The van der Waals surface area contributed by atoms with Crippen molar-refractivity contribution in [2.45, 2.75) is 24.0 Å². The number of benzene rings is 1. The fourth-order valence-electron chi connectivity index (χ4n) is 2.39. The van der Waals surface area contributed by atoms with E-state index in [4.69, 9.17) is 4.42 Å². The van der Waals surface area contributed by atoms with E-state index in [1.807, 2.05) is 38.1 Å². The molecule has 2 amide bonds. The Hall–Kier alpha value is -2.21. The van der Waals surface area contributed by atoms with E-state index < -0.39 is 0 Å². The van der Waals surface area contributed by atoms with Crippen molar-refractivity contribution in [1.29, 1.82) is 0 Å². The number of nitrogens with one attached hydrogen (secondary N) is 1. The van der Waals surface area contributed by atoms with Crippen LogP contribution in [-0.4, -0.2) is 23.6 Å². The van der Waals surface area contributed by atoms with Gasteiger partial charge in [0.15, 0.2) is 0 Å². The second-order valence-corrected chi connectivity index (χ2v) is 6.47. The lowest BCUT2D eigenvalue weighted by molar-refractivity contribution is -0.121. The van der Waals surface area contributed by atoms with Crippen LogP contribution in [0.1, 0.15) is 12.7 Å². The van der Waals surface area contributed by atoms with Crippen molar-refractivity contribution in [3.63, 3.8) is 0 Å². The number of para-hydroxylation sites is 2. The highest BCUT2D eigenvalue weighted by molar-refractivity contribution is 8.00. The Balaban J connectivity index is 1.83. The van der Waals surface area contributed by atoms with Crippen LogP contribution in [0.5, 0.6) is 0 Å². The number of rotatable bonds is 3. The molecule has 0 fully saturated rings. The van der Waals surface area contributed by atoms with E-state index in [1.54, 1.807) is 17.2 Å². The van der Waals surface area contributed by atoms with Gasteiger partial charge in [-0.05, 0) is 32.0 Å². The van der Waals surface area contributed by atoms with Crippen LogP contribution < -0.4 is 10.2 Å². The van der Waals surface area contributed by atoms with E-state index in [-0.39, 0.29) is 23.6 Å². The van der Waals surface area contributed by atoms with Gasteiger partial charge in [-0.25, -0.2) is 0 Å². The van der Waals surface area contributed by atoms with Crippen LogP contribution in [0.25, 0.3) is 0 Å². The first-order valence-corrected chi connectivity index (χ1v) is 7.85. The number of amides is 2. The molecule has 114 valence electrons. The molecule has 5 nitrogen and oxygen atoms in total. The summed E-state index contributed by atoms with van der Waals surface area (Å²) in [5, 5.41) is 2.47. The number of hydrogen-bond acceptors (Lipinski definition) is 4. The van der Waals surface area contributed by atoms with Crippen LogP contribution in [-0.2, 0) is 9.59 Å². The molecule has 6 heteroatoms. The van der Waals surface area contributed by atoms with Gasteiger partial charge < -0.3 is 9.73 Å². The molecule has 2 heterocycles. The average Bonchev–Trinajstić information content (AvgIpc) is 2.90. The number of fused-ring (bicyclic) bond motifs is 1. The number of thioether (sulfide) groups is 1. The number of anilines is 2. The molecule has 2 aromatic rings. The molecule has 0 spiro atoms. The van der Waals surface area contributed by atoms with Gasteiger partial charge in [-0.3, -0.25) is 14.5 Å². The van der Waals surface area contributed by atoms with Crippen LogP contribution >= 0.6 is 11.8 Å². The highest BCUT2D eigenvalue weighted by Crippen LogP contribution is 2.33. The number of furan rings is 1. The molecule has 0 aliphatic carbocycles. The minimum atomic E-state index is -0.310. The first-order valence-electron chi connectivity index (χ1n) is 6.97. The van der Waals surface area contributed by atoms with Gasteiger partial charge in [-0.2, -0.15) is 0 Å². The Morgan fingerprint density at radius 2 is 2.14 bits per heavy atom. The van der Waals surface area contributed by atoms with E-state index >= 15 is 0 Å². The maximum Gasteiger partial charge on any atom is 0.244 e. The normalized spacial score (nSPS) is 15.2. The van der Waals surface area contributed by atoms with Crippen molar-refractivity contribution in [2.24, 2.45) is 0 Å². The summed E-state index contributed by atoms with van der Waals surface area (Å²) in [7, 11) is 0. The Bertz CT molecular complexity index is 726. The zero-order chi connectivity index (χ0) is 15.7. The third kappa shape index (κ3) is 2.74. The first kappa shape index (κ1) is 14.7. The molecule has 1 aliphatic rings. The van der Waals surface area contributed by atoms with Gasteiger partial charge in [0.2, 0.25) is 11.8 Å². The SMILES string of the molecule is Cc1occc1S[C@@H](C)C(=O)N1CC(=O)Nc2ccccc21. The monoisotopic (exact) mass is 316 g/mol. The lowest BCUT2D eigenvalue weighted by Crippen LogP contribution is -2.45. The lowest BCUT2D eigenvalue weighted by Gasteiger charge is -2.30. The molecular formula is C16H16N2O3S. The third-order valence-corrected chi connectivity index (χ3v) is 4.73. The lowest BCUT2D eigenvalue weighted by atomic mass is 10.2. The average molecular weight is 316 g/mol. The fraction of sp³-hybridized carbons (Fsp3) is 0.250. The largest absolute Gasteiger partial charge is 0.468 e. The Kier molecular flexibility index (Phi) is 3.94. The molecule has 1 aliphatic heterocycles. The number of carbonyl (C=O) groups is 2. The van der Waals surface area contributed by atoms with Crippen molar-refractivity contribution < 1.29 is 14.0 Å². The Labute approximate surface area is 132 Å². The third-order valence-electron chi connectivity index (χ3n) is 3.50. The maximum absolute atomic E-state index is 12.7. The van der Waals surface area contributed by atoms with Crippen LogP contribution in [0, 0.1) is 6.92 Å². The van der Waals surface area contributed by atoms with E-state index in [0.29, 0.717) is 5.69 Å². The Morgan fingerprint density at radius 3 is 2.86 bits per heavy atom. The van der Waals surface area contributed by atoms with E-state index in [9.17, 15) is 9.59 Å². The fourth-order valence-corrected chi connectivity index (χ4v) is 3.34. The second kappa shape index (κ2) is 5.88. The van der Waals surface area contributed by atoms with Gasteiger partial charge in [0, 0.05) is 4.90 Å². The van der Waals surface area contributed by atoms with Gasteiger partial charge in [0.1, 0.15) is 12.3 Å². The summed E-state index contributed by atoms with van der Waals surface area (Å²) in [5.41, 5.74) is 1.41. The summed E-state index contributed by atoms with van der Waals surface area (Å²) in [4.78, 5) is 27.0. The second-order valence-electron chi connectivity index (χ2n) is 5.09. The molecule has 1 atom stereocenters. The molecule has 0 bridgehead atoms. The number of hydrogen-bond donors (Lipinski definition) is 1. The van der Waals surface area contributed by atoms with E-state index in [0.717, 1.165) is 16.3 Å². The smallest absolute Gasteiger partial charge is 0.244 e. The standard InChI is InChI=1S/C16H16N2O3S/c1-10-14(7-8-21-10)22-11(2)16(20)18-9-15(19)17-12-5-3-4-6-13(12)18/h3-8,11H,9H2,1-2H3,(H,17,19)/t11-/m0/s1. The molecule has 1 aromatic carbocycles. The van der Waals surface area contributed by atoms with Crippen LogP contribution in [0.2, 0.25) is 0 Å². The van der Waals surface area contributed by atoms with Crippen molar-refractivity contribution in [3.8, 4) is 0 Å². The zero-order valence-corrected chi connectivity index (χ0v) is 13.1. The summed E-state index contributed by atoms with van der Waals surface area (Å²) in [6.45, 7) is 3.75. The van der Waals surface area contributed by atoms with Gasteiger partial charge in [0.25, 0.3) is 0 Å². The van der Waals surface area contributed by atoms with E-state index in [1.165, 1.54) is 11.8 Å². The topological polar surface area (TPSA) is 62.6 Å². The predicted molar refractivity (Wildman–Crippen MR) is 86.2 cm³/mol. The minimum absolute atomic E-state index is 0.0467. The summed E-state index contributed by atoms with van der Waals surface area (Å²) >= 11 is 1.44.